The lowest BCUT2D eigenvalue weighted by Gasteiger charge is -2.18. The molecule has 0 radical (unpaired) electrons. The van der Waals surface area contributed by atoms with Gasteiger partial charge in [-0.3, -0.25) is 9.59 Å². The van der Waals surface area contributed by atoms with Gasteiger partial charge in [0, 0.05) is 23.7 Å². The third-order valence-electron chi connectivity index (χ3n) is 4.47. The van der Waals surface area contributed by atoms with Crippen molar-refractivity contribution in [2.75, 3.05) is 16.8 Å². The molecule has 0 bridgehead atoms. The second-order valence-corrected chi connectivity index (χ2v) is 7.13. The molecule has 1 aliphatic heterocycles. The third kappa shape index (κ3) is 3.80. The van der Waals surface area contributed by atoms with Gasteiger partial charge in [0.05, 0.1) is 16.6 Å². The largest absolute Gasteiger partial charge is 0.326 e. The fraction of sp³-hybridized carbons (Fsp3) is 0.263. The minimum absolute atomic E-state index is 0.135. The Morgan fingerprint density at radius 1 is 1.12 bits per heavy atom. The van der Waals surface area contributed by atoms with E-state index in [1.54, 1.807) is 18.2 Å². The molecule has 25 heavy (non-hydrogen) atoms. The van der Waals surface area contributed by atoms with E-state index >= 15 is 0 Å². The molecule has 0 unspecified atom stereocenters. The number of hydrogen-bond acceptors (Lipinski definition) is 2. The van der Waals surface area contributed by atoms with Gasteiger partial charge in [-0.1, -0.05) is 29.3 Å². The zero-order chi connectivity index (χ0) is 18.1. The summed E-state index contributed by atoms with van der Waals surface area (Å²) in [6.45, 7) is 4.30. The number of rotatable bonds is 3. The van der Waals surface area contributed by atoms with Gasteiger partial charge in [0.15, 0.2) is 0 Å². The van der Waals surface area contributed by atoms with E-state index in [-0.39, 0.29) is 24.8 Å². The highest BCUT2D eigenvalue weighted by atomic mass is 35.5. The third-order valence-corrected chi connectivity index (χ3v) is 5.02. The first-order chi connectivity index (χ1) is 11.8. The number of nitrogens with one attached hydrogen (secondary N) is 1. The lowest BCUT2D eigenvalue weighted by Crippen LogP contribution is -2.28. The first kappa shape index (κ1) is 17.8. The quantitative estimate of drug-likeness (QED) is 0.850. The van der Waals surface area contributed by atoms with Gasteiger partial charge in [-0.15, -0.1) is 0 Å². The maximum Gasteiger partial charge on any atom is 0.229 e. The number of amides is 2. The first-order valence-electron chi connectivity index (χ1n) is 7.98. The van der Waals surface area contributed by atoms with Crippen LogP contribution in [0.1, 0.15) is 17.5 Å². The number of hydrogen-bond donors (Lipinski definition) is 1. The van der Waals surface area contributed by atoms with Gasteiger partial charge < -0.3 is 10.2 Å². The molecule has 1 aliphatic rings. The van der Waals surface area contributed by atoms with Crippen LogP contribution in [0, 0.1) is 19.8 Å². The van der Waals surface area contributed by atoms with Crippen LogP contribution in [0.5, 0.6) is 0 Å². The second kappa shape index (κ2) is 7.06. The van der Waals surface area contributed by atoms with E-state index < -0.39 is 5.92 Å². The van der Waals surface area contributed by atoms with Gasteiger partial charge in [0.25, 0.3) is 0 Å². The molecule has 2 aromatic rings. The lowest BCUT2D eigenvalue weighted by molar-refractivity contribution is -0.122. The fourth-order valence-electron chi connectivity index (χ4n) is 2.87. The molecule has 130 valence electrons. The summed E-state index contributed by atoms with van der Waals surface area (Å²) in [5.41, 5.74) is 3.55. The summed E-state index contributed by atoms with van der Waals surface area (Å²) in [4.78, 5) is 26.4. The van der Waals surface area contributed by atoms with Crippen molar-refractivity contribution in [3.8, 4) is 0 Å². The van der Waals surface area contributed by atoms with E-state index in [0.29, 0.717) is 15.7 Å². The highest BCUT2D eigenvalue weighted by molar-refractivity contribution is 6.36. The molecule has 2 aromatic carbocycles. The molecule has 1 heterocycles. The van der Waals surface area contributed by atoms with E-state index in [2.05, 4.69) is 5.32 Å². The van der Waals surface area contributed by atoms with Gasteiger partial charge in [-0.25, -0.2) is 0 Å². The Kier molecular flexibility index (Phi) is 5.02. The van der Waals surface area contributed by atoms with Gasteiger partial charge in [-0.2, -0.15) is 0 Å². The number of halogens is 2. The number of nitrogens with zero attached hydrogens (tertiary/aromatic N) is 1. The zero-order valence-electron chi connectivity index (χ0n) is 14.0. The molecule has 1 fully saturated rings. The van der Waals surface area contributed by atoms with Crippen LogP contribution < -0.4 is 10.2 Å². The molecular formula is C19H18Cl2N2O2. The molecule has 3 rings (SSSR count). The topological polar surface area (TPSA) is 49.4 Å². The Hall–Kier alpha value is -2.04. The Labute approximate surface area is 156 Å². The summed E-state index contributed by atoms with van der Waals surface area (Å²) in [7, 11) is 0. The molecule has 0 aliphatic carbocycles. The summed E-state index contributed by atoms with van der Waals surface area (Å²) < 4.78 is 0. The SMILES string of the molecule is Cc1ccc(NC(=O)[C@H]2CC(=O)N(c3cc(Cl)ccc3Cl)C2)cc1C. The maximum absolute atomic E-state index is 12.5. The molecule has 6 heteroatoms. The number of anilines is 2. The number of carbonyl (C=O) groups excluding carboxylic acids is 2. The van der Waals surface area contributed by atoms with Crippen molar-refractivity contribution in [3.63, 3.8) is 0 Å². The Balaban J connectivity index is 1.74. The van der Waals surface area contributed by atoms with Crippen molar-refractivity contribution in [1.29, 1.82) is 0 Å². The molecule has 1 saturated heterocycles. The fourth-order valence-corrected chi connectivity index (χ4v) is 3.26. The highest BCUT2D eigenvalue weighted by Crippen LogP contribution is 2.33. The minimum Gasteiger partial charge on any atom is -0.326 e. The lowest BCUT2D eigenvalue weighted by atomic mass is 10.1. The summed E-state index contributed by atoms with van der Waals surface area (Å²) in [5, 5.41) is 3.83. The number of benzene rings is 2. The van der Waals surface area contributed by atoms with Crippen molar-refractivity contribution >= 4 is 46.4 Å². The van der Waals surface area contributed by atoms with Crippen LogP contribution in [0.15, 0.2) is 36.4 Å². The van der Waals surface area contributed by atoms with Gasteiger partial charge >= 0.3 is 0 Å². The van der Waals surface area contributed by atoms with E-state index in [9.17, 15) is 9.59 Å². The molecule has 0 spiro atoms. The van der Waals surface area contributed by atoms with Crippen molar-refractivity contribution in [3.05, 3.63) is 57.6 Å². The molecule has 4 nitrogen and oxygen atoms in total. The monoisotopic (exact) mass is 376 g/mol. The van der Waals surface area contributed by atoms with Crippen LogP contribution in [-0.2, 0) is 9.59 Å². The summed E-state index contributed by atoms with van der Waals surface area (Å²) >= 11 is 12.2. The zero-order valence-corrected chi connectivity index (χ0v) is 15.5. The van der Waals surface area contributed by atoms with Crippen LogP contribution in [0.2, 0.25) is 10.0 Å². The minimum atomic E-state index is -0.427. The molecule has 0 saturated carbocycles. The number of carbonyl (C=O) groups is 2. The van der Waals surface area contributed by atoms with Crippen molar-refractivity contribution < 1.29 is 9.59 Å². The maximum atomic E-state index is 12.5. The predicted octanol–water partition coefficient (Wildman–Crippen LogP) is 4.60. The molecule has 1 atom stereocenters. The van der Waals surface area contributed by atoms with Crippen molar-refractivity contribution in [2.24, 2.45) is 5.92 Å². The summed E-state index contributed by atoms with van der Waals surface area (Å²) in [5.74, 6) is -0.731. The van der Waals surface area contributed by atoms with Gasteiger partial charge in [0.1, 0.15) is 0 Å². The van der Waals surface area contributed by atoms with E-state index in [0.717, 1.165) is 16.8 Å². The van der Waals surface area contributed by atoms with E-state index in [1.165, 1.54) is 4.90 Å². The van der Waals surface area contributed by atoms with Crippen LogP contribution in [0.25, 0.3) is 0 Å². The van der Waals surface area contributed by atoms with Crippen molar-refractivity contribution in [2.45, 2.75) is 20.3 Å². The van der Waals surface area contributed by atoms with Gasteiger partial charge in [0.2, 0.25) is 11.8 Å². The Morgan fingerprint density at radius 2 is 1.88 bits per heavy atom. The summed E-state index contributed by atoms with van der Waals surface area (Å²) in [6, 6.07) is 10.7. The van der Waals surface area contributed by atoms with Crippen LogP contribution >= 0.6 is 23.2 Å². The first-order valence-corrected chi connectivity index (χ1v) is 8.74. The van der Waals surface area contributed by atoms with Crippen LogP contribution in [0.3, 0.4) is 0 Å². The highest BCUT2D eigenvalue weighted by Gasteiger charge is 2.36. The van der Waals surface area contributed by atoms with Gasteiger partial charge in [-0.05, 0) is 55.3 Å². The number of aryl methyl sites for hydroxylation is 2. The molecule has 1 N–H and O–H groups in total. The molecule has 2 amide bonds. The average molecular weight is 377 g/mol. The summed E-state index contributed by atoms with van der Waals surface area (Å²) in [6.07, 6.45) is 0.152. The van der Waals surface area contributed by atoms with Crippen LogP contribution in [-0.4, -0.2) is 18.4 Å². The van der Waals surface area contributed by atoms with Crippen molar-refractivity contribution in [1.82, 2.24) is 0 Å². The molecular weight excluding hydrogens is 359 g/mol. The molecule has 0 aromatic heterocycles. The second-order valence-electron chi connectivity index (χ2n) is 6.29. The standard InChI is InChI=1S/C19H18Cl2N2O2/c1-11-3-5-15(7-12(11)2)22-19(25)13-8-18(24)23(10-13)17-9-14(20)4-6-16(17)21/h3-7,9,13H,8,10H2,1-2H3,(H,22,25)/t13-/m0/s1. The smallest absolute Gasteiger partial charge is 0.229 e. The van der Waals surface area contributed by atoms with E-state index in [1.807, 2.05) is 32.0 Å². The predicted molar refractivity (Wildman–Crippen MR) is 101 cm³/mol. The van der Waals surface area contributed by atoms with Crippen LogP contribution in [0.4, 0.5) is 11.4 Å². The average Bonchev–Trinajstić information content (AvgIpc) is 2.95. The Morgan fingerprint density at radius 3 is 2.60 bits per heavy atom. The van der Waals surface area contributed by atoms with E-state index in [4.69, 9.17) is 23.2 Å². The Bertz CT molecular complexity index is 851. The normalized spacial score (nSPS) is 17.0.